The first-order valence-electron chi connectivity index (χ1n) is 10.0. The maximum absolute atomic E-state index is 15.2. The molecular weight excluding hydrogens is 380 g/mol. The van der Waals surface area contributed by atoms with Crippen molar-refractivity contribution in [3.63, 3.8) is 0 Å². The lowest BCUT2D eigenvalue weighted by atomic mass is 9.97. The molecule has 2 aliphatic carbocycles. The maximum atomic E-state index is 15.2. The highest BCUT2D eigenvalue weighted by atomic mass is 19.1. The molecule has 3 fully saturated rings. The van der Waals surface area contributed by atoms with Gasteiger partial charge in [0.15, 0.2) is 0 Å². The number of carbonyl (C=O) groups is 1. The normalized spacial score (nSPS) is 27.4. The van der Waals surface area contributed by atoms with Crippen LogP contribution in [0.3, 0.4) is 0 Å². The van der Waals surface area contributed by atoms with Gasteiger partial charge >= 0.3 is 5.97 Å². The molecule has 5 rings (SSSR count). The molecule has 0 bridgehead atoms. The molecule has 0 spiro atoms. The molecular formula is C21H23F2N3O3. The van der Waals surface area contributed by atoms with E-state index in [1.165, 1.54) is 10.8 Å². The van der Waals surface area contributed by atoms with Gasteiger partial charge in [-0.1, -0.05) is 0 Å². The number of benzene rings is 1. The quantitative estimate of drug-likeness (QED) is 0.820. The molecule has 3 aliphatic rings. The van der Waals surface area contributed by atoms with Crippen molar-refractivity contribution in [3.05, 3.63) is 39.4 Å². The number of carboxylic acid groups (broad SMARTS) is 1. The Labute approximate surface area is 165 Å². The number of halogens is 2. The van der Waals surface area contributed by atoms with Gasteiger partial charge in [-0.3, -0.25) is 4.79 Å². The number of fused-ring (bicyclic) bond motifs is 1. The number of hydrogen-bond donors (Lipinski definition) is 2. The highest BCUT2D eigenvalue weighted by Crippen LogP contribution is 2.46. The molecule has 6 nitrogen and oxygen atoms in total. The Morgan fingerprint density at radius 2 is 2.07 bits per heavy atom. The summed E-state index contributed by atoms with van der Waals surface area (Å²) in [4.78, 5) is 26.2. The number of carboxylic acids is 1. The smallest absolute Gasteiger partial charge is 0.341 e. The van der Waals surface area contributed by atoms with Gasteiger partial charge in [-0.15, -0.1) is 0 Å². The minimum absolute atomic E-state index is 0.0176. The zero-order valence-electron chi connectivity index (χ0n) is 16.1. The van der Waals surface area contributed by atoms with Crippen molar-refractivity contribution in [2.24, 2.45) is 11.7 Å². The van der Waals surface area contributed by atoms with Crippen molar-refractivity contribution < 1.29 is 18.7 Å². The van der Waals surface area contributed by atoms with Gasteiger partial charge in [-0.2, -0.15) is 0 Å². The number of anilines is 1. The van der Waals surface area contributed by atoms with E-state index in [9.17, 15) is 19.1 Å². The van der Waals surface area contributed by atoms with Crippen LogP contribution in [-0.4, -0.2) is 40.4 Å². The number of hydrogen-bond acceptors (Lipinski definition) is 4. The number of alkyl halides is 1. The highest BCUT2D eigenvalue weighted by Gasteiger charge is 2.48. The molecule has 3 atom stereocenters. The van der Waals surface area contributed by atoms with Crippen LogP contribution < -0.4 is 16.1 Å². The molecule has 29 heavy (non-hydrogen) atoms. The predicted octanol–water partition coefficient (Wildman–Crippen LogP) is 2.75. The minimum atomic E-state index is -1.40. The summed E-state index contributed by atoms with van der Waals surface area (Å²) in [6.45, 7) is 3.03. The van der Waals surface area contributed by atoms with Gasteiger partial charge in [0.1, 0.15) is 17.6 Å². The van der Waals surface area contributed by atoms with Crippen LogP contribution in [0.15, 0.2) is 17.1 Å². The Hall–Kier alpha value is -2.48. The molecule has 154 valence electrons. The number of aryl methyl sites for hydroxylation is 1. The number of pyridine rings is 1. The Kier molecular flexibility index (Phi) is 3.84. The molecule has 1 aliphatic heterocycles. The standard InChI is InChI=1S/C21H23F2N3O3/c1-10-17-12(19(27)13(20(28)29)9-26(17)16-7-14(16)22)6-15(23)18(10)25-5-2-11(8-25)21(24)3-4-21/h6,9,11,14,16H,2-5,7-8,24H2,1H3,(H,28,29). The van der Waals surface area contributed by atoms with E-state index in [0.29, 0.717) is 35.8 Å². The Balaban J connectivity index is 1.68. The van der Waals surface area contributed by atoms with E-state index in [1.807, 2.05) is 4.90 Å². The van der Waals surface area contributed by atoms with Crippen LogP contribution in [-0.2, 0) is 0 Å². The van der Waals surface area contributed by atoms with Crippen LogP contribution in [0, 0.1) is 18.7 Å². The van der Waals surface area contributed by atoms with Gasteiger partial charge in [0.25, 0.3) is 0 Å². The molecule has 2 heterocycles. The summed E-state index contributed by atoms with van der Waals surface area (Å²) < 4.78 is 30.6. The summed E-state index contributed by atoms with van der Waals surface area (Å²) in [5, 5.41) is 9.36. The van der Waals surface area contributed by atoms with Gasteiger partial charge in [-0.05, 0) is 43.7 Å². The average Bonchev–Trinajstić information content (AvgIpc) is 3.52. The number of rotatable bonds is 4. The predicted molar refractivity (Wildman–Crippen MR) is 105 cm³/mol. The average molecular weight is 403 g/mol. The first-order valence-corrected chi connectivity index (χ1v) is 10.0. The van der Waals surface area contributed by atoms with Gasteiger partial charge in [-0.25, -0.2) is 13.6 Å². The molecule has 1 saturated heterocycles. The van der Waals surface area contributed by atoms with E-state index in [1.54, 1.807) is 6.92 Å². The van der Waals surface area contributed by atoms with E-state index in [-0.39, 0.29) is 17.3 Å². The van der Waals surface area contributed by atoms with Crippen LogP contribution >= 0.6 is 0 Å². The van der Waals surface area contributed by atoms with Gasteiger partial charge < -0.3 is 20.3 Å². The molecule has 1 aromatic carbocycles. The summed E-state index contributed by atoms with van der Waals surface area (Å²) in [5.74, 6) is -1.66. The molecule has 8 heteroatoms. The highest BCUT2D eigenvalue weighted by molar-refractivity contribution is 5.95. The number of aromatic nitrogens is 1. The van der Waals surface area contributed by atoms with E-state index < -0.39 is 35.0 Å². The fourth-order valence-corrected chi connectivity index (χ4v) is 4.90. The van der Waals surface area contributed by atoms with E-state index in [0.717, 1.165) is 25.3 Å². The zero-order chi connectivity index (χ0) is 20.7. The van der Waals surface area contributed by atoms with Crippen LogP contribution in [0.2, 0.25) is 0 Å². The molecule has 0 amide bonds. The molecule has 2 saturated carbocycles. The lowest BCUT2D eigenvalue weighted by Gasteiger charge is -2.25. The lowest BCUT2D eigenvalue weighted by Crippen LogP contribution is -2.35. The second kappa shape index (κ2) is 6.01. The second-order valence-corrected chi connectivity index (χ2v) is 8.80. The monoisotopic (exact) mass is 403 g/mol. The van der Waals surface area contributed by atoms with Crippen LogP contribution in [0.25, 0.3) is 10.9 Å². The topological polar surface area (TPSA) is 88.6 Å². The second-order valence-electron chi connectivity index (χ2n) is 8.80. The minimum Gasteiger partial charge on any atom is -0.477 e. The Morgan fingerprint density at radius 3 is 2.66 bits per heavy atom. The number of nitrogens with zero attached hydrogens (tertiary/aromatic N) is 2. The third-order valence-electron chi connectivity index (χ3n) is 6.89. The first-order chi connectivity index (χ1) is 13.7. The van der Waals surface area contributed by atoms with Crippen molar-refractivity contribution >= 4 is 22.6 Å². The lowest BCUT2D eigenvalue weighted by molar-refractivity contribution is 0.0694. The summed E-state index contributed by atoms with van der Waals surface area (Å²) in [7, 11) is 0. The van der Waals surface area contributed by atoms with E-state index >= 15 is 4.39 Å². The van der Waals surface area contributed by atoms with E-state index in [4.69, 9.17) is 5.73 Å². The van der Waals surface area contributed by atoms with Crippen LogP contribution in [0.4, 0.5) is 14.5 Å². The molecule has 3 N–H and O–H groups in total. The molecule has 1 aromatic heterocycles. The van der Waals surface area contributed by atoms with Crippen molar-refractivity contribution in [1.29, 1.82) is 0 Å². The fourth-order valence-electron chi connectivity index (χ4n) is 4.90. The van der Waals surface area contributed by atoms with Crippen molar-refractivity contribution in [3.8, 4) is 0 Å². The summed E-state index contributed by atoms with van der Waals surface area (Å²) in [5.41, 5.74) is 6.34. The van der Waals surface area contributed by atoms with Crippen LogP contribution in [0.1, 0.15) is 47.6 Å². The Morgan fingerprint density at radius 1 is 1.38 bits per heavy atom. The van der Waals surface area contributed by atoms with Crippen molar-refractivity contribution in [1.82, 2.24) is 4.57 Å². The first kappa shape index (κ1) is 18.5. The van der Waals surface area contributed by atoms with Gasteiger partial charge in [0.05, 0.1) is 17.2 Å². The van der Waals surface area contributed by atoms with Gasteiger partial charge in [0.2, 0.25) is 5.43 Å². The SMILES string of the molecule is Cc1c(N2CCC(C3(N)CC3)C2)c(F)cc2c(=O)c(C(=O)O)cn(C3CC3F)c12. The molecule has 0 radical (unpaired) electrons. The fraction of sp³-hybridized carbons (Fsp3) is 0.524. The molecule has 2 aromatic rings. The largest absolute Gasteiger partial charge is 0.477 e. The summed E-state index contributed by atoms with van der Waals surface area (Å²) in [6, 6.07) is 0.583. The van der Waals surface area contributed by atoms with Gasteiger partial charge in [0, 0.05) is 36.6 Å². The zero-order valence-corrected chi connectivity index (χ0v) is 16.1. The third kappa shape index (κ3) is 2.76. The van der Waals surface area contributed by atoms with E-state index in [2.05, 4.69) is 0 Å². The Bertz CT molecular complexity index is 1110. The summed E-state index contributed by atoms with van der Waals surface area (Å²) in [6.07, 6.45) is 3.22. The number of aromatic carboxylic acids is 1. The van der Waals surface area contributed by atoms with Crippen molar-refractivity contribution in [2.75, 3.05) is 18.0 Å². The van der Waals surface area contributed by atoms with Crippen molar-refractivity contribution in [2.45, 2.75) is 50.4 Å². The number of nitrogens with two attached hydrogens (primary N) is 1. The third-order valence-corrected chi connectivity index (χ3v) is 6.89. The maximum Gasteiger partial charge on any atom is 0.341 e. The van der Waals surface area contributed by atoms with Crippen LogP contribution in [0.5, 0.6) is 0 Å². The summed E-state index contributed by atoms with van der Waals surface area (Å²) >= 11 is 0. The molecule has 3 unspecified atom stereocenters.